The first-order valence-electron chi connectivity index (χ1n) is 11.4. The van der Waals surface area contributed by atoms with Crippen LogP contribution in [0, 0.1) is 11.3 Å². The lowest BCUT2D eigenvalue weighted by atomic mass is 10.0. The molecule has 6 nitrogen and oxygen atoms in total. The first-order valence-corrected chi connectivity index (χ1v) is 11.8. The van der Waals surface area contributed by atoms with Gasteiger partial charge < -0.3 is 10.1 Å². The summed E-state index contributed by atoms with van der Waals surface area (Å²) < 4.78 is 5.44. The number of benzene rings is 3. The largest absolute Gasteiger partial charge is 0.452 e. The van der Waals surface area contributed by atoms with Gasteiger partial charge in [-0.25, -0.2) is 9.78 Å². The molecule has 1 aromatic heterocycles. The molecule has 1 N–H and O–H groups in total. The topological polar surface area (TPSA) is 92.1 Å². The van der Waals surface area contributed by atoms with Crippen molar-refractivity contribution in [2.75, 3.05) is 11.9 Å². The van der Waals surface area contributed by atoms with E-state index in [1.54, 1.807) is 6.07 Å². The van der Waals surface area contributed by atoms with Gasteiger partial charge in [-0.1, -0.05) is 60.1 Å². The van der Waals surface area contributed by atoms with Gasteiger partial charge in [0.25, 0.3) is 5.91 Å². The van der Waals surface area contributed by atoms with E-state index in [1.807, 2.05) is 60.7 Å². The summed E-state index contributed by atoms with van der Waals surface area (Å²) in [6, 6.07) is 23.9. The summed E-state index contributed by atoms with van der Waals surface area (Å²) in [4.78, 5) is 30.7. The number of anilines is 1. The van der Waals surface area contributed by atoms with Gasteiger partial charge in [0.2, 0.25) is 0 Å². The van der Waals surface area contributed by atoms with Gasteiger partial charge in [0.15, 0.2) is 6.61 Å². The summed E-state index contributed by atoms with van der Waals surface area (Å²) in [7, 11) is 0. The van der Waals surface area contributed by atoms with Gasteiger partial charge in [-0.05, 0) is 59.9 Å². The predicted molar refractivity (Wildman–Crippen MR) is 139 cm³/mol. The van der Waals surface area contributed by atoms with Crippen molar-refractivity contribution >= 4 is 51.7 Å². The first kappa shape index (κ1) is 23.3. The van der Waals surface area contributed by atoms with Crippen LogP contribution in [0.5, 0.6) is 0 Å². The van der Waals surface area contributed by atoms with Gasteiger partial charge in [0, 0.05) is 10.4 Å². The van der Waals surface area contributed by atoms with Crippen LogP contribution in [-0.4, -0.2) is 23.5 Å². The van der Waals surface area contributed by atoms with Crippen molar-refractivity contribution in [1.29, 1.82) is 5.26 Å². The number of carbonyl (C=O) groups excluding carboxylic acids is 2. The maximum Gasteiger partial charge on any atom is 0.339 e. The molecular weight excluding hydrogens is 474 g/mol. The standard InChI is InChI=1S/C29H20ClN3O3/c30-21-12-10-20(16-31)25(15-21)32-26(34)17-36-29(35)27-22-8-4-5-9-24(22)33-28-19(11-13-23(27)28)14-18-6-2-1-3-7-18/h1-10,12,14-15H,11,13,17H2,(H,32,34). The number of nitrogens with one attached hydrogen (secondary N) is 1. The minimum absolute atomic E-state index is 0.259. The zero-order valence-electron chi connectivity index (χ0n) is 19.1. The van der Waals surface area contributed by atoms with Gasteiger partial charge in [-0.2, -0.15) is 5.26 Å². The lowest BCUT2D eigenvalue weighted by Gasteiger charge is -2.13. The Morgan fingerprint density at radius 3 is 2.64 bits per heavy atom. The minimum Gasteiger partial charge on any atom is -0.452 e. The summed E-state index contributed by atoms with van der Waals surface area (Å²) in [6.45, 7) is -0.506. The molecule has 0 unspecified atom stereocenters. The van der Waals surface area contributed by atoms with Crippen LogP contribution in [0.15, 0.2) is 72.8 Å². The highest BCUT2D eigenvalue weighted by molar-refractivity contribution is 6.31. The molecule has 0 atom stereocenters. The van der Waals surface area contributed by atoms with E-state index in [4.69, 9.17) is 21.3 Å². The molecular formula is C29H20ClN3O3. The zero-order valence-corrected chi connectivity index (χ0v) is 19.9. The normalized spacial score (nSPS) is 13.3. The Morgan fingerprint density at radius 1 is 1.06 bits per heavy atom. The van der Waals surface area contributed by atoms with E-state index in [1.165, 1.54) is 12.1 Å². The van der Waals surface area contributed by atoms with E-state index in [0.717, 1.165) is 28.8 Å². The van der Waals surface area contributed by atoms with Gasteiger partial charge in [0.1, 0.15) is 6.07 Å². The van der Waals surface area contributed by atoms with Crippen LogP contribution in [0.3, 0.4) is 0 Å². The van der Waals surface area contributed by atoms with Crippen molar-refractivity contribution in [2.45, 2.75) is 12.8 Å². The fourth-order valence-electron chi connectivity index (χ4n) is 4.37. The molecule has 0 radical (unpaired) electrons. The van der Waals surface area contributed by atoms with Gasteiger partial charge in [-0.3, -0.25) is 4.79 Å². The maximum absolute atomic E-state index is 13.3. The summed E-state index contributed by atoms with van der Waals surface area (Å²) in [6.07, 6.45) is 3.49. The van der Waals surface area contributed by atoms with Crippen molar-refractivity contribution in [2.24, 2.45) is 0 Å². The number of esters is 1. The third kappa shape index (κ3) is 4.70. The monoisotopic (exact) mass is 493 g/mol. The number of hydrogen-bond donors (Lipinski definition) is 1. The number of aromatic nitrogens is 1. The predicted octanol–water partition coefficient (Wildman–Crippen LogP) is 6.04. The smallest absolute Gasteiger partial charge is 0.339 e. The molecule has 3 aromatic carbocycles. The number of rotatable bonds is 5. The number of nitrogens with zero attached hydrogens (tertiary/aromatic N) is 2. The number of halogens is 1. The number of carbonyl (C=O) groups is 2. The summed E-state index contributed by atoms with van der Waals surface area (Å²) in [5.74, 6) is -1.16. The fourth-order valence-corrected chi connectivity index (χ4v) is 4.54. The van der Waals surface area contributed by atoms with Crippen molar-refractivity contribution in [3.05, 3.63) is 106 Å². The molecule has 0 fully saturated rings. The third-order valence-electron chi connectivity index (χ3n) is 6.00. The molecule has 176 valence electrons. The number of hydrogen-bond acceptors (Lipinski definition) is 5. The summed E-state index contributed by atoms with van der Waals surface area (Å²) >= 11 is 5.98. The number of pyridine rings is 1. The second-order valence-electron chi connectivity index (χ2n) is 8.34. The SMILES string of the molecule is N#Cc1ccc(Cl)cc1NC(=O)COC(=O)c1c2c(nc3ccccc13)C(=Cc1ccccc1)CC2. The molecule has 4 aromatic rings. The lowest BCUT2D eigenvalue weighted by molar-refractivity contribution is -0.119. The molecule has 0 aliphatic heterocycles. The first-order chi connectivity index (χ1) is 17.5. The molecule has 7 heteroatoms. The maximum atomic E-state index is 13.3. The Bertz CT molecular complexity index is 1570. The second-order valence-corrected chi connectivity index (χ2v) is 8.77. The average Bonchev–Trinajstić information content (AvgIpc) is 3.28. The molecule has 0 saturated heterocycles. The number of amides is 1. The Labute approximate surface area is 212 Å². The molecule has 1 amide bonds. The van der Waals surface area contributed by atoms with Gasteiger partial charge >= 0.3 is 5.97 Å². The Kier molecular flexibility index (Phi) is 6.48. The average molecular weight is 494 g/mol. The van der Waals surface area contributed by atoms with Crippen molar-refractivity contribution in [1.82, 2.24) is 4.98 Å². The van der Waals surface area contributed by atoms with Gasteiger partial charge in [-0.15, -0.1) is 0 Å². The molecule has 0 saturated carbocycles. The van der Waals surface area contributed by atoms with Crippen LogP contribution in [0.25, 0.3) is 22.6 Å². The highest BCUT2D eigenvalue weighted by atomic mass is 35.5. The van der Waals surface area contributed by atoms with Crippen molar-refractivity contribution in [3.8, 4) is 6.07 Å². The Balaban J connectivity index is 1.42. The van der Waals surface area contributed by atoms with E-state index in [0.29, 0.717) is 27.9 Å². The zero-order chi connectivity index (χ0) is 25.1. The quantitative estimate of drug-likeness (QED) is 0.342. The van der Waals surface area contributed by atoms with E-state index >= 15 is 0 Å². The number of nitriles is 1. The number of para-hydroxylation sites is 1. The molecule has 1 aliphatic rings. The fraction of sp³-hybridized carbons (Fsp3) is 0.103. The number of fused-ring (bicyclic) bond motifs is 2. The highest BCUT2D eigenvalue weighted by Crippen LogP contribution is 2.37. The third-order valence-corrected chi connectivity index (χ3v) is 6.23. The van der Waals surface area contributed by atoms with Crippen LogP contribution in [0.1, 0.15) is 39.2 Å². The highest BCUT2D eigenvalue weighted by Gasteiger charge is 2.28. The molecule has 36 heavy (non-hydrogen) atoms. The molecule has 1 heterocycles. The van der Waals surface area contributed by atoms with Crippen molar-refractivity contribution < 1.29 is 14.3 Å². The molecule has 1 aliphatic carbocycles. The minimum atomic E-state index is -0.590. The Hall–Kier alpha value is -4.47. The van der Waals surface area contributed by atoms with E-state index < -0.39 is 18.5 Å². The lowest BCUT2D eigenvalue weighted by Crippen LogP contribution is -2.22. The van der Waals surface area contributed by atoms with E-state index in [-0.39, 0.29) is 11.3 Å². The molecule has 5 rings (SSSR count). The van der Waals surface area contributed by atoms with Crippen LogP contribution in [0.2, 0.25) is 5.02 Å². The molecule has 0 spiro atoms. The van der Waals surface area contributed by atoms with Crippen molar-refractivity contribution in [3.63, 3.8) is 0 Å². The second kappa shape index (κ2) is 10.0. The van der Waals surface area contributed by atoms with Crippen LogP contribution in [0.4, 0.5) is 5.69 Å². The van der Waals surface area contributed by atoms with Crippen LogP contribution < -0.4 is 5.32 Å². The van der Waals surface area contributed by atoms with Crippen LogP contribution in [-0.2, 0) is 16.0 Å². The van der Waals surface area contributed by atoms with Gasteiger partial charge in [0.05, 0.1) is 28.0 Å². The number of allylic oxidation sites excluding steroid dienone is 1. The Morgan fingerprint density at radius 2 is 1.83 bits per heavy atom. The van der Waals surface area contributed by atoms with E-state index in [9.17, 15) is 14.9 Å². The summed E-state index contributed by atoms with van der Waals surface area (Å²) in [5.41, 5.74) is 5.36. The molecule has 0 bridgehead atoms. The van der Waals surface area contributed by atoms with E-state index in [2.05, 4.69) is 11.4 Å². The van der Waals surface area contributed by atoms with Crippen LogP contribution >= 0.6 is 11.6 Å². The number of ether oxygens (including phenoxy) is 1. The summed E-state index contributed by atoms with van der Waals surface area (Å²) in [5, 5.41) is 12.9.